The van der Waals surface area contributed by atoms with Crippen molar-refractivity contribution >= 4 is 32.4 Å². The van der Waals surface area contributed by atoms with Gasteiger partial charge in [0.2, 0.25) is 5.91 Å². The summed E-state index contributed by atoms with van der Waals surface area (Å²) in [6, 6.07) is 8.14. The van der Waals surface area contributed by atoms with Gasteiger partial charge >= 0.3 is 0 Å². The number of hydrogen-bond donors (Lipinski definition) is 1. The number of likely N-dealkylation sites (tertiary alicyclic amines) is 1. The van der Waals surface area contributed by atoms with Crippen LogP contribution in [0.3, 0.4) is 0 Å². The van der Waals surface area contributed by atoms with E-state index in [0.717, 1.165) is 25.9 Å². The van der Waals surface area contributed by atoms with Crippen molar-refractivity contribution in [1.82, 2.24) is 9.88 Å². The lowest BCUT2D eigenvalue weighted by Gasteiger charge is -2.30. The maximum atomic E-state index is 12.3. The predicted octanol–water partition coefficient (Wildman–Crippen LogP) is 2.74. The van der Waals surface area contributed by atoms with Gasteiger partial charge in [0, 0.05) is 18.5 Å². The molecule has 1 aliphatic heterocycles. The fourth-order valence-electron chi connectivity index (χ4n) is 2.73. The lowest BCUT2D eigenvalue weighted by Crippen LogP contribution is -2.38. The van der Waals surface area contributed by atoms with Gasteiger partial charge in [0.1, 0.15) is 0 Å². The minimum atomic E-state index is -3.65. The van der Waals surface area contributed by atoms with E-state index in [9.17, 15) is 13.2 Å². The van der Waals surface area contributed by atoms with Crippen LogP contribution in [0, 0.1) is 5.92 Å². The highest BCUT2D eigenvalue weighted by Crippen LogP contribution is 2.22. The van der Waals surface area contributed by atoms with Crippen LogP contribution in [0.5, 0.6) is 0 Å². The van der Waals surface area contributed by atoms with Crippen molar-refractivity contribution in [2.24, 2.45) is 5.92 Å². The van der Waals surface area contributed by atoms with E-state index in [0.29, 0.717) is 11.6 Å². The summed E-state index contributed by atoms with van der Waals surface area (Å²) >= 11 is 1.19. The zero-order valence-electron chi connectivity index (χ0n) is 14.0. The summed E-state index contributed by atoms with van der Waals surface area (Å²) in [4.78, 5) is 18.6. The van der Waals surface area contributed by atoms with Crippen LogP contribution in [0.15, 0.2) is 40.6 Å². The molecule has 0 aliphatic carbocycles. The zero-order chi connectivity index (χ0) is 17.9. The van der Waals surface area contributed by atoms with Crippen LogP contribution in [0.1, 0.15) is 25.5 Å². The standard InChI is InChI=1S/C17H21N3O3S2/c1-13-7-9-20(10-8-13)16(21)11-14-12-24-17(18-14)19-25(22,23)15-5-3-2-4-6-15/h2-6,12-13H,7-11H2,1H3,(H,18,19). The molecule has 1 aromatic heterocycles. The Labute approximate surface area is 151 Å². The number of carbonyl (C=O) groups is 1. The molecule has 6 nitrogen and oxygen atoms in total. The van der Waals surface area contributed by atoms with Gasteiger partial charge in [-0.2, -0.15) is 0 Å². The van der Waals surface area contributed by atoms with Crippen LogP contribution >= 0.6 is 11.3 Å². The van der Waals surface area contributed by atoms with E-state index < -0.39 is 10.0 Å². The molecule has 1 aromatic carbocycles. The van der Waals surface area contributed by atoms with E-state index in [4.69, 9.17) is 0 Å². The van der Waals surface area contributed by atoms with Gasteiger partial charge in [0.05, 0.1) is 17.0 Å². The monoisotopic (exact) mass is 379 g/mol. The molecule has 1 saturated heterocycles. The molecule has 1 fully saturated rings. The molecule has 0 spiro atoms. The lowest BCUT2D eigenvalue weighted by atomic mass is 9.99. The number of benzene rings is 1. The minimum Gasteiger partial charge on any atom is -0.342 e. The van der Waals surface area contributed by atoms with Gasteiger partial charge < -0.3 is 4.90 Å². The van der Waals surface area contributed by atoms with E-state index >= 15 is 0 Å². The first-order valence-corrected chi connectivity index (χ1v) is 10.6. The van der Waals surface area contributed by atoms with Crippen LogP contribution in [0.4, 0.5) is 5.13 Å². The van der Waals surface area contributed by atoms with Gasteiger partial charge in [-0.3, -0.25) is 9.52 Å². The fourth-order valence-corrected chi connectivity index (χ4v) is 4.72. The Bertz CT molecular complexity index is 826. The highest BCUT2D eigenvalue weighted by molar-refractivity contribution is 7.93. The van der Waals surface area contributed by atoms with Gasteiger partial charge in [-0.15, -0.1) is 11.3 Å². The third-order valence-electron chi connectivity index (χ3n) is 4.30. The molecule has 0 saturated carbocycles. The molecule has 1 N–H and O–H groups in total. The second kappa shape index (κ2) is 7.53. The van der Waals surface area contributed by atoms with E-state index in [-0.39, 0.29) is 22.4 Å². The molecule has 2 heterocycles. The summed E-state index contributed by atoms with van der Waals surface area (Å²) in [5, 5.41) is 2.01. The van der Waals surface area contributed by atoms with Crippen molar-refractivity contribution in [3.63, 3.8) is 0 Å². The first kappa shape index (κ1) is 17.9. The second-order valence-electron chi connectivity index (χ2n) is 6.30. The average molecular weight is 380 g/mol. The van der Waals surface area contributed by atoms with Gasteiger partial charge in [0.15, 0.2) is 5.13 Å². The normalized spacial score (nSPS) is 16.0. The molecular weight excluding hydrogens is 358 g/mol. The van der Waals surface area contributed by atoms with E-state index in [1.165, 1.54) is 23.5 Å². The Morgan fingerprint density at radius 2 is 1.96 bits per heavy atom. The highest BCUT2D eigenvalue weighted by atomic mass is 32.2. The Balaban J connectivity index is 1.62. The Kier molecular flexibility index (Phi) is 5.39. The summed E-state index contributed by atoms with van der Waals surface area (Å²) in [7, 11) is -3.65. The van der Waals surface area contributed by atoms with Crippen LogP contribution in [-0.4, -0.2) is 37.3 Å². The Hall–Kier alpha value is -1.93. The van der Waals surface area contributed by atoms with Gasteiger partial charge in [-0.05, 0) is 30.9 Å². The number of thiazole rings is 1. The number of nitrogens with zero attached hydrogens (tertiary/aromatic N) is 2. The molecule has 1 amide bonds. The zero-order valence-corrected chi connectivity index (χ0v) is 15.6. The second-order valence-corrected chi connectivity index (χ2v) is 8.84. The van der Waals surface area contributed by atoms with E-state index in [2.05, 4.69) is 16.6 Å². The Morgan fingerprint density at radius 1 is 1.28 bits per heavy atom. The average Bonchev–Trinajstić information content (AvgIpc) is 3.02. The summed E-state index contributed by atoms with van der Waals surface area (Å²) in [6.45, 7) is 3.78. The first-order chi connectivity index (χ1) is 11.9. The molecule has 0 bridgehead atoms. The molecule has 8 heteroatoms. The van der Waals surface area contributed by atoms with Crippen LogP contribution < -0.4 is 4.72 Å². The molecular formula is C17H21N3O3S2. The highest BCUT2D eigenvalue weighted by Gasteiger charge is 2.22. The molecule has 0 atom stereocenters. The number of anilines is 1. The third kappa shape index (κ3) is 4.58. The number of aromatic nitrogens is 1. The van der Waals surface area contributed by atoms with Crippen molar-refractivity contribution in [3.05, 3.63) is 41.4 Å². The van der Waals surface area contributed by atoms with E-state index in [1.54, 1.807) is 23.6 Å². The lowest BCUT2D eigenvalue weighted by molar-refractivity contribution is -0.131. The van der Waals surface area contributed by atoms with Crippen molar-refractivity contribution in [3.8, 4) is 0 Å². The quantitative estimate of drug-likeness (QED) is 0.866. The molecule has 2 aromatic rings. The first-order valence-electron chi connectivity index (χ1n) is 8.24. The third-order valence-corrected chi connectivity index (χ3v) is 6.59. The molecule has 3 rings (SSSR count). The van der Waals surface area contributed by atoms with Gasteiger partial charge in [0.25, 0.3) is 10.0 Å². The van der Waals surface area contributed by atoms with Crippen molar-refractivity contribution < 1.29 is 13.2 Å². The molecule has 1 aliphatic rings. The number of sulfonamides is 1. The number of piperidine rings is 1. The fraction of sp³-hybridized carbons (Fsp3) is 0.412. The maximum Gasteiger partial charge on any atom is 0.263 e. The molecule has 0 unspecified atom stereocenters. The number of rotatable bonds is 5. The number of hydrogen-bond acceptors (Lipinski definition) is 5. The van der Waals surface area contributed by atoms with Crippen LogP contribution in [0.25, 0.3) is 0 Å². The van der Waals surface area contributed by atoms with Gasteiger partial charge in [-0.25, -0.2) is 13.4 Å². The van der Waals surface area contributed by atoms with Crippen LogP contribution in [-0.2, 0) is 21.2 Å². The van der Waals surface area contributed by atoms with Crippen molar-refractivity contribution in [2.75, 3.05) is 17.8 Å². The number of nitrogens with one attached hydrogen (secondary N) is 1. The van der Waals surface area contributed by atoms with Crippen molar-refractivity contribution in [2.45, 2.75) is 31.1 Å². The largest absolute Gasteiger partial charge is 0.342 e. The van der Waals surface area contributed by atoms with Crippen LogP contribution in [0.2, 0.25) is 0 Å². The summed E-state index contributed by atoms with van der Waals surface area (Å²) in [5.74, 6) is 0.719. The number of amides is 1. The Morgan fingerprint density at radius 3 is 2.64 bits per heavy atom. The maximum absolute atomic E-state index is 12.3. The topological polar surface area (TPSA) is 79.4 Å². The molecule has 25 heavy (non-hydrogen) atoms. The smallest absolute Gasteiger partial charge is 0.263 e. The summed E-state index contributed by atoms with van der Waals surface area (Å²) in [5.41, 5.74) is 0.597. The predicted molar refractivity (Wildman–Crippen MR) is 98.0 cm³/mol. The minimum absolute atomic E-state index is 0.0506. The van der Waals surface area contributed by atoms with E-state index in [1.807, 2.05) is 4.90 Å². The number of carbonyl (C=O) groups excluding carboxylic acids is 1. The van der Waals surface area contributed by atoms with Gasteiger partial charge in [-0.1, -0.05) is 25.1 Å². The molecule has 0 radical (unpaired) electrons. The van der Waals surface area contributed by atoms with Crippen molar-refractivity contribution in [1.29, 1.82) is 0 Å². The summed E-state index contributed by atoms with van der Waals surface area (Å²) in [6.07, 6.45) is 2.27. The molecule has 134 valence electrons. The SMILES string of the molecule is CC1CCN(C(=O)Cc2csc(NS(=O)(=O)c3ccccc3)n2)CC1. The summed E-state index contributed by atoms with van der Waals surface area (Å²) < 4.78 is 27.1.